The summed E-state index contributed by atoms with van der Waals surface area (Å²) in [6.45, 7) is 5.73. The van der Waals surface area contributed by atoms with Crippen LogP contribution in [-0.2, 0) is 9.47 Å². The normalized spacial score (nSPS) is 12.2. The zero-order chi connectivity index (χ0) is 18.8. The van der Waals surface area contributed by atoms with Gasteiger partial charge < -0.3 is 24.3 Å². The van der Waals surface area contributed by atoms with E-state index in [-0.39, 0.29) is 12.3 Å². The number of benzene rings is 2. The van der Waals surface area contributed by atoms with E-state index in [1.54, 1.807) is 14.2 Å². The highest BCUT2D eigenvalue weighted by Crippen LogP contribution is 2.32. The first-order valence-corrected chi connectivity index (χ1v) is 8.96. The molecule has 142 valence electrons. The van der Waals surface area contributed by atoms with Gasteiger partial charge in [0.15, 0.2) is 17.8 Å². The van der Waals surface area contributed by atoms with Gasteiger partial charge in [-0.3, -0.25) is 0 Å². The molecule has 2 aromatic carbocycles. The van der Waals surface area contributed by atoms with Crippen molar-refractivity contribution in [1.82, 2.24) is 5.32 Å². The monoisotopic (exact) mass is 359 g/mol. The summed E-state index contributed by atoms with van der Waals surface area (Å²) in [6, 6.07) is 16.2. The Hall–Kier alpha value is -2.08. The van der Waals surface area contributed by atoms with E-state index >= 15 is 0 Å². The van der Waals surface area contributed by atoms with Crippen molar-refractivity contribution in [3.05, 3.63) is 59.7 Å². The van der Waals surface area contributed by atoms with Gasteiger partial charge in [-0.1, -0.05) is 36.4 Å². The second-order valence-corrected chi connectivity index (χ2v) is 5.71. The van der Waals surface area contributed by atoms with E-state index < -0.39 is 0 Å². The summed E-state index contributed by atoms with van der Waals surface area (Å²) in [5, 5.41) is 3.56. The van der Waals surface area contributed by atoms with Crippen LogP contribution in [0.5, 0.6) is 11.5 Å². The Morgan fingerprint density at radius 3 is 2.04 bits per heavy atom. The Kier molecular flexibility index (Phi) is 8.41. The average Bonchev–Trinajstić information content (AvgIpc) is 2.69. The Morgan fingerprint density at radius 2 is 1.46 bits per heavy atom. The van der Waals surface area contributed by atoms with Crippen LogP contribution in [0, 0.1) is 0 Å². The first kappa shape index (κ1) is 20.2. The third-order valence-electron chi connectivity index (χ3n) is 4.07. The van der Waals surface area contributed by atoms with E-state index in [1.165, 1.54) is 0 Å². The van der Waals surface area contributed by atoms with Crippen LogP contribution < -0.4 is 14.8 Å². The SMILES string of the molecule is CCOC(CN[C@H](c1ccccc1)c1ccc(OC)c(OC)c1)OCC. The topological polar surface area (TPSA) is 49.0 Å². The lowest BCUT2D eigenvalue weighted by molar-refractivity contribution is -0.133. The van der Waals surface area contributed by atoms with Gasteiger partial charge in [-0.25, -0.2) is 0 Å². The maximum atomic E-state index is 5.66. The highest BCUT2D eigenvalue weighted by Gasteiger charge is 2.18. The summed E-state index contributed by atoms with van der Waals surface area (Å²) < 4.78 is 22.1. The summed E-state index contributed by atoms with van der Waals surface area (Å²) in [6.07, 6.45) is -0.281. The van der Waals surface area contributed by atoms with Crippen molar-refractivity contribution >= 4 is 0 Å². The van der Waals surface area contributed by atoms with Crippen molar-refractivity contribution in [2.24, 2.45) is 0 Å². The summed E-state index contributed by atoms with van der Waals surface area (Å²) in [5.74, 6) is 1.42. The van der Waals surface area contributed by atoms with Gasteiger partial charge in [0, 0.05) is 19.8 Å². The van der Waals surface area contributed by atoms with E-state index in [0.717, 1.165) is 11.1 Å². The van der Waals surface area contributed by atoms with Crippen LogP contribution in [0.2, 0.25) is 0 Å². The van der Waals surface area contributed by atoms with Gasteiger partial charge >= 0.3 is 0 Å². The molecule has 5 heteroatoms. The van der Waals surface area contributed by atoms with Gasteiger partial charge in [0.2, 0.25) is 0 Å². The van der Waals surface area contributed by atoms with Gasteiger partial charge in [0.25, 0.3) is 0 Å². The number of ether oxygens (including phenoxy) is 4. The van der Waals surface area contributed by atoms with Gasteiger partial charge in [0.1, 0.15) is 0 Å². The number of nitrogens with one attached hydrogen (secondary N) is 1. The fraction of sp³-hybridized carbons (Fsp3) is 0.429. The molecule has 1 atom stereocenters. The number of methoxy groups -OCH3 is 2. The molecule has 5 nitrogen and oxygen atoms in total. The lowest BCUT2D eigenvalue weighted by Crippen LogP contribution is -2.34. The Bertz CT molecular complexity index is 642. The molecule has 0 unspecified atom stereocenters. The molecule has 0 fully saturated rings. The number of hydrogen-bond acceptors (Lipinski definition) is 5. The Morgan fingerprint density at radius 1 is 0.808 bits per heavy atom. The number of rotatable bonds is 11. The average molecular weight is 359 g/mol. The Balaban J connectivity index is 2.27. The van der Waals surface area contributed by atoms with Gasteiger partial charge in [0.05, 0.1) is 20.3 Å². The van der Waals surface area contributed by atoms with E-state index in [9.17, 15) is 0 Å². The maximum absolute atomic E-state index is 5.66. The van der Waals surface area contributed by atoms with Crippen molar-refractivity contribution < 1.29 is 18.9 Å². The lowest BCUT2D eigenvalue weighted by Gasteiger charge is -2.24. The second kappa shape index (κ2) is 10.8. The molecule has 0 saturated heterocycles. The first-order chi connectivity index (χ1) is 12.7. The highest BCUT2D eigenvalue weighted by molar-refractivity contribution is 5.45. The first-order valence-electron chi connectivity index (χ1n) is 8.96. The van der Waals surface area contributed by atoms with Crippen molar-refractivity contribution in [1.29, 1.82) is 0 Å². The fourth-order valence-corrected chi connectivity index (χ4v) is 2.86. The quantitative estimate of drug-likeness (QED) is 0.619. The molecular formula is C21H29NO4. The van der Waals surface area contributed by atoms with E-state index in [1.807, 2.05) is 50.2 Å². The van der Waals surface area contributed by atoms with Crippen LogP contribution in [0.4, 0.5) is 0 Å². The van der Waals surface area contributed by atoms with Crippen molar-refractivity contribution in [3.8, 4) is 11.5 Å². The molecule has 2 aromatic rings. The molecule has 0 spiro atoms. The molecular weight excluding hydrogens is 330 g/mol. The third kappa shape index (κ3) is 5.46. The lowest BCUT2D eigenvalue weighted by atomic mass is 9.98. The molecule has 0 saturated carbocycles. The van der Waals surface area contributed by atoms with E-state index in [0.29, 0.717) is 31.3 Å². The van der Waals surface area contributed by atoms with Crippen LogP contribution in [0.25, 0.3) is 0 Å². The zero-order valence-corrected chi connectivity index (χ0v) is 16.0. The Labute approximate surface area is 156 Å². The molecule has 0 aliphatic heterocycles. The smallest absolute Gasteiger partial charge is 0.169 e. The summed E-state index contributed by atoms with van der Waals surface area (Å²) in [7, 11) is 3.28. The van der Waals surface area contributed by atoms with Gasteiger partial charge in [-0.05, 0) is 37.1 Å². The molecule has 0 radical (unpaired) electrons. The minimum Gasteiger partial charge on any atom is -0.493 e. The van der Waals surface area contributed by atoms with Crippen LogP contribution in [0.3, 0.4) is 0 Å². The predicted octanol–water partition coefficient (Wildman–Crippen LogP) is 3.78. The molecule has 0 bridgehead atoms. The van der Waals surface area contributed by atoms with Crippen molar-refractivity contribution in [2.75, 3.05) is 34.0 Å². The largest absolute Gasteiger partial charge is 0.493 e. The predicted molar refractivity (Wildman–Crippen MR) is 103 cm³/mol. The van der Waals surface area contributed by atoms with Crippen molar-refractivity contribution in [2.45, 2.75) is 26.2 Å². The molecule has 26 heavy (non-hydrogen) atoms. The van der Waals surface area contributed by atoms with E-state index in [4.69, 9.17) is 18.9 Å². The molecule has 1 N–H and O–H groups in total. The highest BCUT2D eigenvalue weighted by atomic mass is 16.7. The molecule has 0 aliphatic carbocycles. The number of hydrogen-bond donors (Lipinski definition) is 1. The van der Waals surface area contributed by atoms with Gasteiger partial charge in [-0.2, -0.15) is 0 Å². The van der Waals surface area contributed by atoms with Crippen LogP contribution in [0.15, 0.2) is 48.5 Å². The summed E-state index contributed by atoms with van der Waals surface area (Å²) in [5.41, 5.74) is 2.24. The summed E-state index contributed by atoms with van der Waals surface area (Å²) in [4.78, 5) is 0. The maximum Gasteiger partial charge on any atom is 0.169 e. The standard InChI is InChI=1S/C21H29NO4/c1-5-25-20(26-6-2)15-22-21(16-10-8-7-9-11-16)17-12-13-18(23-3)19(14-17)24-4/h7-14,20-22H,5-6,15H2,1-4H3/t21-/m1/s1. The molecule has 0 aliphatic rings. The minimum absolute atomic E-state index is 0.0144. The van der Waals surface area contributed by atoms with Crippen LogP contribution in [0.1, 0.15) is 31.0 Å². The van der Waals surface area contributed by atoms with Crippen molar-refractivity contribution in [3.63, 3.8) is 0 Å². The molecule has 2 rings (SSSR count). The zero-order valence-electron chi connectivity index (χ0n) is 16.0. The van der Waals surface area contributed by atoms with Gasteiger partial charge in [-0.15, -0.1) is 0 Å². The molecule has 0 aromatic heterocycles. The molecule has 0 heterocycles. The fourth-order valence-electron chi connectivity index (χ4n) is 2.86. The molecule has 0 amide bonds. The van der Waals surface area contributed by atoms with Crippen LogP contribution >= 0.6 is 0 Å². The summed E-state index contributed by atoms with van der Waals surface area (Å²) >= 11 is 0. The third-order valence-corrected chi connectivity index (χ3v) is 4.07. The van der Waals surface area contributed by atoms with E-state index in [2.05, 4.69) is 17.4 Å². The minimum atomic E-state index is -0.281. The second-order valence-electron chi connectivity index (χ2n) is 5.71. The van der Waals surface area contributed by atoms with Crippen LogP contribution in [-0.4, -0.2) is 40.3 Å².